The van der Waals surface area contributed by atoms with Crippen molar-refractivity contribution in [3.8, 4) is 0 Å². The Labute approximate surface area is 119 Å². The average molecular weight is 256 g/mol. The number of hydrogen-bond acceptors (Lipinski definition) is 4. The molecule has 96 valence electrons. The van der Waals surface area contributed by atoms with Gasteiger partial charge in [-0.25, -0.2) is 4.79 Å². The number of nitrogens with zero attached hydrogens (tertiary/aromatic N) is 1. The number of rotatable bonds is 1. The molecule has 1 aliphatic heterocycles. The lowest BCUT2D eigenvalue weighted by Crippen LogP contribution is -2.75. The van der Waals surface area contributed by atoms with Crippen LogP contribution in [0.1, 0.15) is 20.8 Å². The fraction of sp³-hybridized carbons (Fsp3) is 0.900. The number of aliphatic hydroxyl groups is 1. The van der Waals surface area contributed by atoms with Crippen LogP contribution in [0.4, 0.5) is 4.79 Å². The molecule has 0 aliphatic carbocycles. The van der Waals surface area contributed by atoms with Crippen LogP contribution >= 0.6 is 0 Å². The number of carbonyl (C=O) groups excluding carboxylic acids is 1. The molecule has 1 amide bonds. The molecule has 0 aromatic carbocycles. The average Bonchev–Trinajstić information content (AvgIpc) is 2.18. The molecule has 1 heterocycles. The zero-order chi connectivity index (χ0) is 15.1. The quantitative estimate of drug-likeness (QED) is 0.586. The lowest BCUT2D eigenvalue weighted by atomic mass is 9.39. The highest BCUT2D eigenvalue weighted by molar-refractivity contribution is 6.54. The fourth-order valence-electron chi connectivity index (χ4n) is 1.61. The zero-order valence-electron chi connectivity index (χ0n) is 11.4. The van der Waals surface area contributed by atoms with Gasteiger partial charge in [0.1, 0.15) is 21.3 Å². The van der Waals surface area contributed by atoms with E-state index in [2.05, 4.69) is 0 Å². The third kappa shape index (κ3) is 3.51. The van der Waals surface area contributed by atoms with E-state index in [1.54, 1.807) is 20.8 Å². The van der Waals surface area contributed by atoms with Crippen molar-refractivity contribution in [1.82, 2.24) is 4.90 Å². The van der Waals surface area contributed by atoms with Crippen LogP contribution in [0.5, 0.6) is 0 Å². The Kier molecular flexibility index (Phi) is 4.42. The maximum absolute atomic E-state index is 12.1. The molecule has 1 aliphatic rings. The first kappa shape index (κ1) is 16.5. The first-order valence-corrected chi connectivity index (χ1v) is 5.85. The molecule has 8 radical (unpaired) electrons. The van der Waals surface area contributed by atoms with Crippen LogP contribution in [0.3, 0.4) is 0 Å². The Bertz CT molecular complexity index is 356. The molecule has 5 nitrogen and oxygen atoms in total. The minimum absolute atomic E-state index is 0.0748. The highest BCUT2D eigenvalue weighted by Crippen LogP contribution is 2.30. The van der Waals surface area contributed by atoms with Gasteiger partial charge in [-0.15, -0.1) is 0 Å². The van der Waals surface area contributed by atoms with Crippen molar-refractivity contribution in [2.45, 2.75) is 43.2 Å². The Morgan fingerprint density at radius 2 is 1.95 bits per heavy atom. The zero-order valence-corrected chi connectivity index (χ0v) is 11.4. The van der Waals surface area contributed by atoms with Crippen molar-refractivity contribution in [2.24, 2.45) is 0 Å². The van der Waals surface area contributed by atoms with E-state index < -0.39 is 28.5 Å². The SMILES string of the molecule is [B]C1([B])OC(CO)CN(C(=O)OC(C)(C)C)C1([B])[B]. The Hall–Kier alpha value is -0.550. The van der Waals surface area contributed by atoms with Gasteiger partial charge in [0.25, 0.3) is 0 Å². The second-order valence-electron chi connectivity index (χ2n) is 5.63. The number of hydrogen-bond donors (Lipinski definition) is 1. The van der Waals surface area contributed by atoms with Gasteiger partial charge in [0.2, 0.25) is 0 Å². The van der Waals surface area contributed by atoms with Crippen LogP contribution in [0, 0.1) is 0 Å². The second kappa shape index (κ2) is 5.09. The molecule has 1 atom stereocenters. The third-order valence-electron chi connectivity index (χ3n) is 2.64. The van der Waals surface area contributed by atoms with E-state index in [0.717, 1.165) is 4.90 Å². The van der Waals surface area contributed by atoms with Crippen molar-refractivity contribution in [1.29, 1.82) is 0 Å². The summed E-state index contributed by atoms with van der Waals surface area (Å²) in [4.78, 5) is 13.0. The molecule has 0 aromatic rings. The van der Waals surface area contributed by atoms with E-state index in [1.165, 1.54) is 0 Å². The standard InChI is InChI=1S/C10H15B4NO4/c1-8(2,3)19-7(17)15-4-6(5-16)18-10(13,14)9(15,11)12/h6,16H,4-5H2,1-3H3. The van der Waals surface area contributed by atoms with Crippen LogP contribution < -0.4 is 0 Å². The molecule has 1 rings (SSSR count). The van der Waals surface area contributed by atoms with E-state index >= 15 is 0 Å². The summed E-state index contributed by atoms with van der Waals surface area (Å²) in [6.45, 7) is 4.63. The van der Waals surface area contributed by atoms with Crippen LogP contribution in [0.15, 0.2) is 0 Å². The van der Waals surface area contributed by atoms with Gasteiger partial charge in [-0.05, 0) is 31.5 Å². The number of aliphatic hydroxyl groups excluding tert-OH is 1. The number of amides is 1. The van der Waals surface area contributed by atoms with E-state index in [4.69, 9.17) is 46.0 Å². The predicted octanol–water partition coefficient (Wildman–Crippen LogP) is -1.40. The molecular formula is C10H15B4NO4. The fourth-order valence-corrected chi connectivity index (χ4v) is 1.61. The summed E-state index contributed by atoms with van der Waals surface area (Å²) in [7, 11) is 22.9. The van der Waals surface area contributed by atoms with Gasteiger partial charge >= 0.3 is 6.09 Å². The number of ether oxygens (including phenoxy) is 2. The minimum Gasteiger partial charge on any atom is -0.444 e. The van der Waals surface area contributed by atoms with E-state index in [1.807, 2.05) is 0 Å². The van der Waals surface area contributed by atoms with Crippen LogP contribution in [-0.2, 0) is 9.47 Å². The topological polar surface area (TPSA) is 59.0 Å². The van der Waals surface area contributed by atoms with Crippen molar-refractivity contribution in [2.75, 3.05) is 13.2 Å². The lowest BCUT2D eigenvalue weighted by molar-refractivity contribution is -0.112. The molecule has 0 spiro atoms. The Balaban J connectivity index is 2.99. The maximum atomic E-state index is 12.1. The summed E-state index contributed by atoms with van der Waals surface area (Å²) < 4.78 is 10.3. The maximum Gasteiger partial charge on any atom is 0.409 e. The van der Waals surface area contributed by atoms with Gasteiger partial charge < -0.3 is 19.5 Å². The predicted molar refractivity (Wildman–Crippen MR) is 73.4 cm³/mol. The van der Waals surface area contributed by atoms with E-state index in [0.29, 0.717) is 0 Å². The number of carbonyl (C=O) groups is 1. The first-order chi connectivity index (χ1) is 8.40. The monoisotopic (exact) mass is 257 g/mol. The number of morpholine rings is 1. The van der Waals surface area contributed by atoms with Gasteiger partial charge in [0, 0.05) is 0 Å². The van der Waals surface area contributed by atoms with Crippen LogP contribution in [0.25, 0.3) is 0 Å². The molecule has 1 unspecified atom stereocenters. The minimum atomic E-state index is -2.00. The molecule has 9 heteroatoms. The van der Waals surface area contributed by atoms with Gasteiger partial charge in [0.15, 0.2) is 0 Å². The molecule has 1 saturated heterocycles. The molecule has 0 aromatic heterocycles. The van der Waals surface area contributed by atoms with Crippen molar-refractivity contribution in [3.05, 3.63) is 0 Å². The molecular weight excluding hydrogens is 241 g/mol. The summed E-state index contributed by atoms with van der Waals surface area (Å²) in [6, 6.07) is 0. The van der Waals surface area contributed by atoms with Gasteiger partial charge in [-0.3, -0.25) is 0 Å². The Morgan fingerprint density at radius 1 is 1.42 bits per heavy atom. The summed E-state index contributed by atoms with van der Waals surface area (Å²) in [6.07, 6.45) is -1.57. The normalized spacial score (nSPS) is 25.9. The van der Waals surface area contributed by atoms with Crippen molar-refractivity contribution < 1.29 is 19.4 Å². The molecule has 0 saturated carbocycles. The van der Waals surface area contributed by atoms with Crippen molar-refractivity contribution >= 4 is 37.5 Å². The van der Waals surface area contributed by atoms with E-state index in [-0.39, 0.29) is 13.2 Å². The van der Waals surface area contributed by atoms with Gasteiger partial charge in [0.05, 0.1) is 34.9 Å². The highest BCUT2D eigenvalue weighted by atomic mass is 16.6. The van der Waals surface area contributed by atoms with Gasteiger partial charge in [-0.2, -0.15) is 0 Å². The largest absolute Gasteiger partial charge is 0.444 e. The van der Waals surface area contributed by atoms with E-state index in [9.17, 15) is 4.79 Å². The molecule has 1 N–H and O–H groups in total. The van der Waals surface area contributed by atoms with Crippen molar-refractivity contribution in [3.63, 3.8) is 0 Å². The van der Waals surface area contributed by atoms with Gasteiger partial charge in [-0.1, -0.05) is 0 Å². The highest BCUT2D eigenvalue weighted by Gasteiger charge is 2.49. The summed E-state index contributed by atoms with van der Waals surface area (Å²) >= 11 is 0. The van der Waals surface area contributed by atoms with Crippen LogP contribution in [0.2, 0.25) is 0 Å². The lowest BCUT2D eigenvalue weighted by Gasteiger charge is -2.57. The smallest absolute Gasteiger partial charge is 0.409 e. The van der Waals surface area contributed by atoms with Crippen LogP contribution in [-0.4, -0.2) is 83.1 Å². The third-order valence-corrected chi connectivity index (χ3v) is 2.64. The summed E-state index contributed by atoms with van der Waals surface area (Å²) in [5.41, 5.74) is -0.730. The molecule has 1 fully saturated rings. The first-order valence-electron chi connectivity index (χ1n) is 5.85. The molecule has 19 heavy (non-hydrogen) atoms. The summed E-state index contributed by atoms with van der Waals surface area (Å²) in [5.74, 6) is 0. The molecule has 0 bridgehead atoms. The summed E-state index contributed by atoms with van der Waals surface area (Å²) in [5, 5.41) is 5.17. The second-order valence-corrected chi connectivity index (χ2v) is 5.63. The Morgan fingerprint density at radius 3 is 2.37 bits per heavy atom.